The van der Waals surface area contributed by atoms with Crippen LogP contribution in [0.4, 0.5) is 11.5 Å². The number of carbonyl (C=O) groups excluding carboxylic acids is 2. The third kappa shape index (κ3) is 5.37. The Labute approximate surface area is 185 Å². The molecule has 2 aromatic rings. The first-order valence-corrected chi connectivity index (χ1v) is 10.2. The molecular weight excluding hydrogens is 416 g/mol. The van der Waals surface area contributed by atoms with E-state index in [1.165, 1.54) is 24.8 Å². The summed E-state index contributed by atoms with van der Waals surface area (Å²) in [5.74, 6) is -0.814. The van der Waals surface area contributed by atoms with E-state index in [-0.39, 0.29) is 42.1 Å². The Kier molecular flexibility index (Phi) is 7.85. The molecule has 0 aliphatic carbocycles. The van der Waals surface area contributed by atoms with Crippen molar-refractivity contribution in [2.45, 2.75) is 40.3 Å². The molecule has 0 saturated carbocycles. The number of nitrogen functional groups attached to an aromatic ring is 1. The number of anilines is 2. The summed E-state index contributed by atoms with van der Waals surface area (Å²) in [6.45, 7) is 7.42. The Morgan fingerprint density at radius 3 is 2.38 bits per heavy atom. The van der Waals surface area contributed by atoms with Gasteiger partial charge in [-0.1, -0.05) is 13.8 Å². The summed E-state index contributed by atoms with van der Waals surface area (Å²) in [5, 5.41) is 2.91. The van der Waals surface area contributed by atoms with Gasteiger partial charge in [0.1, 0.15) is 17.1 Å². The number of esters is 1. The predicted molar refractivity (Wildman–Crippen MR) is 122 cm³/mol. The molecule has 10 nitrogen and oxygen atoms in total. The quantitative estimate of drug-likeness (QED) is 0.439. The second-order valence-electron chi connectivity index (χ2n) is 8.06. The van der Waals surface area contributed by atoms with Gasteiger partial charge >= 0.3 is 11.7 Å². The topological polar surface area (TPSA) is 135 Å². The Balaban J connectivity index is 2.42. The van der Waals surface area contributed by atoms with Crippen LogP contribution in [0.15, 0.2) is 27.8 Å². The number of Topliss-reactive ketones (excluding diaryl/α,β-unsaturated/α-hetero) is 1. The molecule has 0 atom stereocenters. The molecule has 1 aromatic heterocycles. The molecule has 10 heteroatoms. The average molecular weight is 447 g/mol. The van der Waals surface area contributed by atoms with E-state index in [0.29, 0.717) is 11.4 Å². The largest absolute Gasteiger partial charge is 0.489 e. The van der Waals surface area contributed by atoms with E-state index in [0.717, 1.165) is 4.57 Å². The molecule has 0 bridgehead atoms. The zero-order valence-corrected chi connectivity index (χ0v) is 19.2. The lowest BCUT2D eigenvalue weighted by molar-refractivity contribution is 0.0600. The van der Waals surface area contributed by atoms with Crippen molar-refractivity contribution in [1.29, 1.82) is 0 Å². The van der Waals surface area contributed by atoms with Crippen molar-refractivity contribution in [2.75, 3.05) is 24.7 Å². The number of methoxy groups -OCH3 is 1. The van der Waals surface area contributed by atoms with Crippen molar-refractivity contribution in [3.8, 4) is 5.75 Å². The molecule has 0 amide bonds. The van der Waals surface area contributed by atoms with Crippen molar-refractivity contribution in [1.82, 2.24) is 9.13 Å². The summed E-state index contributed by atoms with van der Waals surface area (Å²) in [7, 11) is 2.57. The van der Waals surface area contributed by atoms with Crippen LogP contribution in [-0.4, -0.2) is 40.6 Å². The van der Waals surface area contributed by atoms with Gasteiger partial charge in [0.15, 0.2) is 5.78 Å². The number of hydrogen-bond donors (Lipinski definition) is 2. The lowest BCUT2D eigenvalue weighted by atomic mass is 10.1. The van der Waals surface area contributed by atoms with E-state index in [4.69, 9.17) is 15.2 Å². The van der Waals surface area contributed by atoms with E-state index < -0.39 is 23.0 Å². The minimum atomic E-state index is -0.763. The third-order valence-electron chi connectivity index (χ3n) is 4.61. The number of ketones is 1. The van der Waals surface area contributed by atoms with Crippen molar-refractivity contribution in [2.24, 2.45) is 13.0 Å². The van der Waals surface area contributed by atoms with Crippen LogP contribution in [0, 0.1) is 5.92 Å². The molecule has 0 aliphatic rings. The van der Waals surface area contributed by atoms with Gasteiger partial charge in [-0.05, 0) is 38.0 Å². The number of ether oxygens (including phenoxy) is 2. The fourth-order valence-electron chi connectivity index (χ4n) is 3.12. The van der Waals surface area contributed by atoms with Gasteiger partial charge in [-0.15, -0.1) is 0 Å². The Morgan fingerprint density at radius 1 is 1.16 bits per heavy atom. The minimum absolute atomic E-state index is 0.0744. The number of nitrogens with zero attached hydrogens (tertiary/aromatic N) is 2. The Bertz CT molecular complexity index is 1130. The van der Waals surface area contributed by atoms with Crippen molar-refractivity contribution in [3.63, 3.8) is 0 Å². The van der Waals surface area contributed by atoms with Gasteiger partial charge < -0.3 is 20.5 Å². The van der Waals surface area contributed by atoms with Crippen LogP contribution in [0.2, 0.25) is 0 Å². The Hall–Kier alpha value is -3.56. The van der Waals surface area contributed by atoms with E-state index >= 15 is 0 Å². The number of nitrogens with two attached hydrogens (primary N) is 1. The zero-order chi connectivity index (χ0) is 24.2. The molecule has 32 heavy (non-hydrogen) atoms. The summed E-state index contributed by atoms with van der Waals surface area (Å²) >= 11 is 0. The first kappa shape index (κ1) is 24.7. The van der Waals surface area contributed by atoms with Crippen molar-refractivity contribution >= 4 is 23.3 Å². The fourth-order valence-corrected chi connectivity index (χ4v) is 3.12. The van der Waals surface area contributed by atoms with Gasteiger partial charge in [0.2, 0.25) is 0 Å². The highest BCUT2D eigenvalue weighted by Crippen LogP contribution is 2.27. The Morgan fingerprint density at radius 2 is 1.81 bits per heavy atom. The lowest BCUT2D eigenvalue weighted by Crippen LogP contribution is -2.43. The summed E-state index contributed by atoms with van der Waals surface area (Å²) in [5.41, 5.74) is 5.09. The van der Waals surface area contributed by atoms with Crippen LogP contribution in [0.25, 0.3) is 0 Å². The van der Waals surface area contributed by atoms with Gasteiger partial charge in [-0.25, -0.2) is 9.59 Å². The standard InChI is InChI=1S/C22H30N4O6/c1-12(2)11-26-19(23)18(20(28)25(5)22(26)30)16(27)10-24-15-9-14(21(29)31-6)7-8-17(15)32-13(3)4/h7-9,12-13,24H,10-11,23H2,1-6H3. The zero-order valence-electron chi connectivity index (χ0n) is 19.2. The van der Waals surface area contributed by atoms with Crippen LogP contribution in [0.5, 0.6) is 5.75 Å². The predicted octanol–water partition coefficient (Wildman–Crippen LogP) is 1.65. The molecule has 1 heterocycles. The third-order valence-corrected chi connectivity index (χ3v) is 4.61. The molecule has 0 saturated heterocycles. The molecular formula is C22H30N4O6. The van der Waals surface area contributed by atoms with E-state index in [1.54, 1.807) is 12.1 Å². The maximum atomic E-state index is 13.0. The molecule has 3 N–H and O–H groups in total. The van der Waals surface area contributed by atoms with Crippen LogP contribution < -0.4 is 27.0 Å². The molecule has 2 rings (SSSR count). The van der Waals surface area contributed by atoms with Gasteiger partial charge in [0, 0.05) is 13.6 Å². The van der Waals surface area contributed by atoms with Crippen LogP contribution in [0.3, 0.4) is 0 Å². The summed E-state index contributed by atoms with van der Waals surface area (Å²) in [6, 6.07) is 4.64. The molecule has 0 fully saturated rings. The SMILES string of the molecule is COC(=O)c1ccc(OC(C)C)c(NCC(=O)c2c(N)n(CC(C)C)c(=O)n(C)c2=O)c1. The maximum absolute atomic E-state index is 13.0. The summed E-state index contributed by atoms with van der Waals surface area (Å²) in [6.07, 6.45) is -0.155. The van der Waals surface area contributed by atoms with Crippen LogP contribution in [0.1, 0.15) is 48.4 Å². The smallest absolute Gasteiger partial charge is 0.337 e. The van der Waals surface area contributed by atoms with Crippen molar-refractivity contribution < 1.29 is 19.1 Å². The van der Waals surface area contributed by atoms with Crippen LogP contribution in [-0.2, 0) is 18.3 Å². The van der Waals surface area contributed by atoms with Crippen LogP contribution >= 0.6 is 0 Å². The maximum Gasteiger partial charge on any atom is 0.337 e. The first-order valence-electron chi connectivity index (χ1n) is 10.2. The summed E-state index contributed by atoms with van der Waals surface area (Å²) < 4.78 is 12.6. The van der Waals surface area contributed by atoms with E-state index in [9.17, 15) is 19.2 Å². The average Bonchev–Trinajstić information content (AvgIpc) is 2.73. The summed E-state index contributed by atoms with van der Waals surface area (Å²) in [4.78, 5) is 49.9. The lowest BCUT2D eigenvalue weighted by Gasteiger charge is -2.18. The van der Waals surface area contributed by atoms with E-state index in [2.05, 4.69) is 5.32 Å². The number of carbonyl (C=O) groups is 2. The van der Waals surface area contributed by atoms with Gasteiger partial charge in [-0.2, -0.15) is 0 Å². The molecule has 0 unspecified atom stereocenters. The molecule has 0 spiro atoms. The normalized spacial score (nSPS) is 11.0. The number of rotatable bonds is 9. The van der Waals surface area contributed by atoms with Gasteiger partial charge in [-0.3, -0.25) is 18.7 Å². The number of hydrogen-bond acceptors (Lipinski definition) is 8. The first-order chi connectivity index (χ1) is 15.0. The second kappa shape index (κ2) is 10.2. The van der Waals surface area contributed by atoms with Crippen molar-refractivity contribution in [3.05, 3.63) is 50.2 Å². The highest BCUT2D eigenvalue weighted by Gasteiger charge is 2.22. The highest BCUT2D eigenvalue weighted by atomic mass is 16.5. The fraction of sp³-hybridized carbons (Fsp3) is 0.455. The minimum Gasteiger partial charge on any atom is -0.489 e. The molecule has 0 radical (unpaired) electrons. The van der Waals surface area contributed by atoms with Gasteiger partial charge in [0.25, 0.3) is 5.56 Å². The molecule has 174 valence electrons. The number of nitrogens with one attached hydrogen (secondary N) is 1. The van der Waals surface area contributed by atoms with E-state index in [1.807, 2.05) is 27.7 Å². The molecule has 0 aliphatic heterocycles. The number of benzene rings is 1. The molecule has 1 aromatic carbocycles. The number of aromatic nitrogens is 2. The monoisotopic (exact) mass is 446 g/mol. The second-order valence-corrected chi connectivity index (χ2v) is 8.06. The highest BCUT2D eigenvalue weighted by molar-refractivity contribution is 6.02. The van der Waals surface area contributed by atoms with Gasteiger partial charge in [0.05, 0.1) is 31.0 Å².